The monoisotopic (exact) mass is 497 g/mol. The van der Waals surface area contributed by atoms with Gasteiger partial charge in [0, 0.05) is 36.1 Å². The van der Waals surface area contributed by atoms with Crippen molar-refractivity contribution in [1.82, 2.24) is 10.3 Å². The molecule has 1 fully saturated rings. The van der Waals surface area contributed by atoms with E-state index in [0.29, 0.717) is 34.8 Å². The minimum atomic E-state index is -1.72. The number of morpholine rings is 1. The van der Waals surface area contributed by atoms with Gasteiger partial charge < -0.3 is 30.4 Å². The molecule has 2 aliphatic rings. The summed E-state index contributed by atoms with van der Waals surface area (Å²) in [5.74, 6) is -0.982. The van der Waals surface area contributed by atoms with Crippen molar-refractivity contribution in [2.75, 3.05) is 23.4 Å². The lowest BCUT2D eigenvalue weighted by molar-refractivity contribution is -0.150. The van der Waals surface area contributed by atoms with Gasteiger partial charge in [-0.1, -0.05) is 6.07 Å². The number of pyridine rings is 1. The number of benzene rings is 2. The molecule has 0 unspecified atom stereocenters. The number of nitrogens with one attached hydrogen (secondary N) is 4. The van der Waals surface area contributed by atoms with Gasteiger partial charge >= 0.3 is 0 Å². The maximum atomic E-state index is 13.2. The molecule has 0 aliphatic carbocycles. The highest BCUT2D eigenvalue weighted by atomic mass is 35.5. The van der Waals surface area contributed by atoms with Crippen molar-refractivity contribution in [3.8, 4) is 0 Å². The van der Waals surface area contributed by atoms with E-state index in [9.17, 15) is 19.5 Å². The Balaban J connectivity index is 0.00000289. The molecule has 2 atom stereocenters. The summed E-state index contributed by atoms with van der Waals surface area (Å²) in [5.41, 5.74) is 3.73. The standard InChI is InChI=1S/C24H23N5O5.ClH/c1-12-17(6-2-13-3-7-18(30)28-19(12)13)29-8-9-34-21(24(29)33)20(31)23(32)27-15-4-5-16-14(10-15)11-26-22(16)25;/h2-7,10,20-21,31H,8-9,11H2,1H3,(H2,25,26)(H,27,32)(H,28,30);1H/t20-,21-;/m1./s1. The summed E-state index contributed by atoms with van der Waals surface area (Å²) < 4.78 is 5.50. The highest BCUT2D eigenvalue weighted by molar-refractivity contribution is 6.06. The van der Waals surface area contributed by atoms with Crippen molar-refractivity contribution in [3.63, 3.8) is 0 Å². The number of nitrogens with zero attached hydrogens (tertiary/aromatic N) is 1. The first-order valence-electron chi connectivity index (χ1n) is 10.8. The maximum Gasteiger partial charge on any atom is 0.259 e. The number of aliphatic hydroxyl groups is 1. The molecule has 2 aromatic carbocycles. The first kappa shape index (κ1) is 24.4. The van der Waals surface area contributed by atoms with Crippen LogP contribution in [0.4, 0.5) is 11.4 Å². The van der Waals surface area contributed by atoms with Gasteiger partial charge in [-0.3, -0.25) is 19.8 Å². The molecule has 35 heavy (non-hydrogen) atoms. The zero-order valence-electron chi connectivity index (χ0n) is 18.8. The van der Waals surface area contributed by atoms with Crippen LogP contribution in [0.3, 0.4) is 0 Å². The first-order chi connectivity index (χ1) is 16.3. The zero-order chi connectivity index (χ0) is 24.0. The Morgan fingerprint density at radius 2 is 2.00 bits per heavy atom. The van der Waals surface area contributed by atoms with Gasteiger partial charge in [-0.2, -0.15) is 0 Å². The topological polar surface area (TPSA) is 148 Å². The Labute approximate surface area is 206 Å². The number of ether oxygens (including phenoxy) is 1. The third kappa shape index (κ3) is 4.39. The highest BCUT2D eigenvalue weighted by Crippen LogP contribution is 2.29. The lowest BCUT2D eigenvalue weighted by atomic mass is 10.0. The molecule has 0 bridgehead atoms. The van der Waals surface area contributed by atoms with Crippen LogP contribution in [0.25, 0.3) is 10.9 Å². The van der Waals surface area contributed by atoms with E-state index >= 15 is 0 Å². The van der Waals surface area contributed by atoms with E-state index in [4.69, 9.17) is 10.1 Å². The Hall–Kier alpha value is -3.73. The predicted octanol–water partition coefficient (Wildman–Crippen LogP) is 1.42. The number of H-pyrrole nitrogens is 1. The maximum absolute atomic E-state index is 13.2. The molecular weight excluding hydrogens is 474 g/mol. The number of fused-ring (bicyclic) bond motifs is 2. The number of aryl methyl sites for hydroxylation is 1. The first-order valence-corrected chi connectivity index (χ1v) is 10.8. The molecule has 2 amide bonds. The van der Waals surface area contributed by atoms with Crippen LogP contribution >= 0.6 is 12.4 Å². The molecule has 182 valence electrons. The number of hydrogen-bond donors (Lipinski definition) is 5. The average molecular weight is 498 g/mol. The van der Waals surface area contributed by atoms with Crippen molar-refractivity contribution in [2.24, 2.45) is 0 Å². The van der Waals surface area contributed by atoms with Gasteiger partial charge in [0.25, 0.3) is 11.8 Å². The van der Waals surface area contributed by atoms with Crippen LogP contribution in [0.2, 0.25) is 0 Å². The molecule has 1 saturated heterocycles. The van der Waals surface area contributed by atoms with Crippen LogP contribution in [0.1, 0.15) is 16.7 Å². The molecular formula is C24H24ClN5O5. The molecule has 3 aromatic rings. The number of carbonyl (C=O) groups is 2. The van der Waals surface area contributed by atoms with Crippen LogP contribution in [0, 0.1) is 12.3 Å². The molecule has 5 N–H and O–H groups in total. The molecule has 5 rings (SSSR count). The summed E-state index contributed by atoms with van der Waals surface area (Å²) in [5, 5.41) is 24.9. The second-order valence-electron chi connectivity index (χ2n) is 8.31. The summed E-state index contributed by atoms with van der Waals surface area (Å²) in [6.07, 6.45) is -3.09. The Bertz CT molecular complexity index is 1400. The summed E-state index contributed by atoms with van der Waals surface area (Å²) in [4.78, 5) is 42.0. The molecule has 0 radical (unpaired) electrons. The quantitative estimate of drug-likeness (QED) is 0.368. The number of amidine groups is 1. The molecule has 0 saturated carbocycles. The molecule has 3 heterocycles. The molecule has 1 aromatic heterocycles. The number of carbonyl (C=O) groups excluding carboxylic acids is 2. The zero-order valence-corrected chi connectivity index (χ0v) is 19.6. The summed E-state index contributed by atoms with van der Waals surface area (Å²) in [6.45, 7) is 2.67. The number of aromatic nitrogens is 1. The Morgan fingerprint density at radius 3 is 2.80 bits per heavy atom. The predicted molar refractivity (Wildman–Crippen MR) is 133 cm³/mol. The molecule has 11 heteroatoms. The van der Waals surface area contributed by atoms with Crippen LogP contribution in [0.5, 0.6) is 0 Å². The fourth-order valence-electron chi connectivity index (χ4n) is 4.41. The van der Waals surface area contributed by atoms with Crippen molar-refractivity contribution in [1.29, 1.82) is 5.41 Å². The van der Waals surface area contributed by atoms with Gasteiger partial charge in [-0.05, 0) is 53.8 Å². The van der Waals surface area contributed by atoms with E-state index in [0.717, 1.165) is 16.5 Å². The van der Waals surface area contributed by atoms with Crippen LogP contribution in [-0.4, -0.2) is 53.1 Å². The van der Waals surface area contributed by atoms with Gasteiger partial charge in [0.05, 0.1) is 12.1 Å². The Morgan fingerprint density at radius 1 is 1.23 bits per heavy atom. The number of rotatable bonds is 4. The van der Waals surface area contributed by atoms with E-state index in [1.165, 1.54) is 11.0 Å². The van der Waals surface area contributed by atoms with Crippen molar-refractivity contribution in [3.05, 3.63) is 69.5 Å². The van der Waals surface area contributed by atoms with Gasteiger partial charge in [-0.25, -0.2) is 0 Å². The number of aromatic amines is 1. The summed E-state index contributed by atoms with van der Waals surface area (Å²) >= 11 is 0. The third-order valence-electron chi connectivity index (χ3n) is 6.20. The van der Waals surface area contributed by atoms with E-state index in [1.54, 1.807) is 43.3 Å². The third-order valence-corrected chi connectivity index (χ3v) is 6.20. The fourth-order valence-corrected chi connectivity index (χ4v) is 4.41. The minimum absolute atomic E-state index is 0. The van der Waals surface area contributed by atoms with Gasteiger partial charge in [-0.15, -0.1) is 12.4 Å². The Kier molecular flexibility index (Phi) is 6.62. The van der Waals surface area contributed by atoms with Crippen LogP contribution in [-0.2, 0) is 20.9 Å². The number of aliphatic hydroxyl groups excluding tert-OH is 1. The average Bonchev–Trinajstić information content (AvgIpc) is 3.19. The van der Waals surface area contributed by atoms with E-state index in [2.05, 4.69) is 15.6 Å². The second kappa shape index (κ2) is 9.49. The fraction of sp³-hybridized carbons (Fsp3) is 0.250. The molecule has 0 spiro atoms. The second-order valence-corrected chi connectivity index (χ2v) is 8.31. The number of anilines is 2. The minimum Gasteiger partial charge on any atom is -0.380 e. The highest BCUT2D eigenvalue weighted by Gasteiger charge is 2.40. The lowest BCUT2D eigenvalue weighted by Crippen LogP contribution is -2.55. The van der Waals surface area contributed by atoms with E-state index < -0.39 is 24.0 Å². The lowest BCUT2D eigenvalue weighted by Gasteiger charge is -2.35. The van der Waals surface area contributed by atoms with E-state index in [-0.39, 0.29) is 31.1 Å². The van der Waals surface area contributed by atoms with Crippen LogP contribution < -0.4 is 21.1 Å². The molecule has 10 nitrogen and oxygen atoms in total. The normalized spacial score (nSPS) is 18.0. The number of hydrogen-bond acceptors (Lipinski definition) is 6. The van der Waals surface area contributed by atoms with Crippen molar-refractivity contribution >= 4 is 52.3 Å². The number of halogens is 1. The van der Waals surface area contributed by atoms with Crippen LogP contribution in [0.15, 0.2) is 47.3 Å². The summed E-state index contributed by atoms with van der Waals surface area (Å²) in [6, 6.07) is 11.8. The molecule has 2 aliphatic heterocycles. The number of amides is 2. The largest absolute Gasteiger partial charge is 0.380 e. The van der Waals surface area contributed by atoms with Gasteiger partial charge in [0.1, 0.15) is 5.84 Å². The van der Waals surface area contributed by atoms with Crippen molar-refractivity contribution in [2.45, 2.75) is 25.7 Å². The van der Waals surface area contributed by atoms with E-state index in [1.807, 2.05) is 0 Å². The smallest absolute Gasteiger partial charge is 0.259 e. The summed E-state index contributed by atoms with van der Waals surface area (Å²) in [7, 11) is 0. The van der Waals surface area contributed by atoms with Gasteiger partial charge in [0.15, 0.2) is 12.2 Å². The van der Waals surface area contributed by atoms with Crippen molar-refractivity contribution < 1.29 is 19.4 Å². The SMILES string of the molecule is Cc1c(N2CCO[C@H]([C@@H](O)C(=O)Nc3ccc4c(c3)CNC4=N)C2=O)ccc2ccc(=O)[nH]c12.Cl. The van der Waals surface area contributed by atoms with Gasteiger partial charge in [0.2, 0.25) is 5.56 Å².